The lowest BCUT2D eigenvalue weighted by Crippen LogP contribution is -2.42. The second-order valence-electron chi connectivity index (χ2n) is 7.43. The highest BCUT2D eigenvalue weighted by molar-refractivity contribution is 6.30. The summed E-state index contributed by atoms with van der Waals surface area (Å²) < 4.78 is 1.79. The number of urea groups is 1. The van der Waals surface area contributed by atoms with Gasteiger partial charge >= 0.3 is 6.03 Å². The van der Waals surface area contributed by atoms with E-state index in [9.17, 15) is 4.79 Å². The second-order valence-corrected chi connectivity index (χ2v) is 7.86. The van der Waals surface area contributed by atoms with Crippen LogP contribution in [0.5, 0.6) is 0 Å². The molecule has 0 radical (unpaired) electrons. The van der Waals surface area contributed by atoms with Crippen LogP contribution >= 0.6 is 11.6 Å². The van der Waals surface area contributed by atoms with Crippen molar-refractivity contribution in [3.05, 3.63) is 41.3 Å². The number of carbonyl (C=O) groups excluding carboxylic acids is 1. The maximum Gasteiger partial charge on any atom is 0.317 e. The van der Waals surface area contributed by atoms with E-state index in [2.05, 4.69) is 27.2 Å². The Morgan fingerprint density at radius 1 is 1.20 bits per heavy atom. The first kappa shape index (κ1) is 20.4. The average molecular weight is 428 g/mol. The summed E-state index contributed by atoms with van der Waals surface area (Å²) in [4.78, 5) is 25.8. The van der Waals surface area contributed by atoms with Gasteiger partial charge < -0.3 is 15.1 Å². The number of fused-ring (bicyclic) bond motifs is 1. The van der Waals surface area contributed by atoms with Crippen LogP contribution in [-0.4, -0.2) is 63.4 Å². The molecule has 3 heterocycles. The predicted octanol–water partition coefficient (Wildman–Crippen LogP) is 3.41. The van der Waals surface area contributed by atoms with Gasteiger partial charge in [0.05, 0.1) is 17.3 Å². The molecule has 0 saturated carbocycles. The zero-order chi connectivity index (χ0) is 21.1. The van der Waals surface area contributed by atoms with Gasteiger partial charge in [-0.05, 0) is 38.0 Å². The molecule has 1 aliphatic heterocycles. The van der Waals surface area contributed by atoms with E-state index in [1.807, 2.05) is 42.3 Å². The van der Waals surface area contributed by atoms with Crippen molar-refractivity contribution in [2.24, 2.45) is 0 Å². The molecule has 9 heteroatoms. The van der Waals surface area contributed by atoms with Crippen LogP contribution < -0.4 is 10.2 Å². The first-order chi connectivity index (χ1) is 14.6. The summed E-state index contributed by atoms with van der Waals surface area (Å²) in [5.41, 5.74) is 1.61. The Bertz CT molecular complexity index is 1050. The number of rotatable bonds is 4. The van der Waals surface area contributed by atoms with Crippen molar-refractivity contribution in [1.82, 2.24) is 30.0 Å². The van der Waals surface area contributed by atoms with Crippen LogP contribution in [-0.2, 0) is 0 Å². The molecule has 3 aromatic rings. The molecule has 0 spiro atoms. The molecule has 4 rings (SSSR count). The molecular weight excluding hydrogens is 402 g/mol. The Balaban J connectivity index is 1.62. The molecule has 1 aromatic carbocycles. The highest BCUT2D eigenvalue weighted by Gasteiger charge is 2.23. The summed E-state index contributed by atoms with van der Waals surface area (Å²) in [6.45, 7) is 7.58. The van der Waals surface area contributed by atoms with Gasteiger partial charge in [-0.1, -0.05) is 24.6 Å². The molecule has 0 bridgehead atoms. The second kappa shape index (κ2) is 8.87. The number of halogens is 1. The number of nitrogens with one attached hydrogen (secondary N) is 1. The van der Waals surface area contributed by atoms with Gasteiger partial charge in [0, 0.05) is 37.7 Å². The topological polar surface area (TPSA) is 79.2 Å². The fraction of sp³-hybridized carbons (Fsp3) is 0.429. The van der Waals surface area contributed by atoms with Gasteiger partial charge in [-0.15, -0.1) is 0 Å². The first-order valence-electron chi connectivity index (χ1n) is 10.3. The van der Waals surface area contributed by atoms with Gasteiger partial charge in [-0.2, -0.15) is 5.10 Å². The SMILES string of the molecule is CCCNC(=O)N1CCCN(c2nc(C)nc3c2cnn3-c2cccc(Cl)c2)CC1. The molecule has 0 aliphatic carbocycles. The van der Waals surface area contributed by atoms with E-state index >= 15 is 0 Å². The Hall–Kier alpha value is -2.87. The number of hydrogen-bond donors (Lipinski definition) is 1. The smallest absolute Gasteiger partial charge is 0.317 e. The minimum atomic E-state index is 0.0106. The van der Waals surface area contributed by atoms with E-state index in [1.165, 1.54) is 0 Å². The molecule has 1 saturated heterocycles. The van der Waals surface area contributed by atoms with Gasteiger partial charge in [0.1, 0.15) is 11.6 Å². The first-order valence-corrected chi connectivity index (χ1v) is 10.7. The number of nitrogens with zero attached hydrogens (tertiary/aromatic N) is 6. The molecule has 2 aromatic heterocycles. The quantitative estimate of drug-likeness (QED) is 0.690. The van der Waals surface area contributed by atoms with Crippen LogP contribution in [0.3, 0.4) is 0 Å². The zero-order valence-electron chi connectivity index (χ0n) is 17.3. The Morgan fingerprint density at radius 2 is 2.07 bits per heavy atom. The minimum Gasteiger partial charge on any atom is -0.354 e. The van der Waals surface area contributed by atoms with Crippen molar-refractivity contribution in [3.63, 3.8) is 0 Å². The maximum atomic E-state index is 12.4. The molecule has 0 atom stereocenters. The number of carbonyl (C=O) groups is 1. The van der Waals surface area contributed by atoms with Crippen LogP contribution in [0.4, 0.5) is 10.6 Å². The Morgan fingerprint density at radius 3 is 2.87 bits per heavy atom. The summed E-state index contributed by atoms with van der Waals surface area (Å²) in [6.07, 6.45) is 3.62. The molecule has 30 heavy (non-hydrogen) atoms. The largest absolute Gasteiger partial charge is 0.354 e. The molecule has 1 fully saturated rings. The molecule has 158 valence electrons. The Kier molecular flexibility index (Phi) is 6.03. The number of amides is 2. The van der Waals surface area contributed by atoms with Crippen LogP contribution in [0.1, 0.15) is 25.6 Å². The predicted molar refractivity (Wildman–Crippen MR) is 118 cm³/mol. The van der Waals surface area contributed by atoms with Gasteiger partial charge in [-0.3, -0.25) is 0 Å². The molecule has 2 amide bonds. The van der Waals surface area contributed by atoms with E-state index in [4.69, 9.17) is 16.6 Å². The van der Waals surface area contributed by atoms with Gasteiger partial charge in [0.2, 0.25) is 0 Å². The van der Waals surface area contributed by atoms with Crippen LogP contribution in [0, 0.1) is 6.92 Å². The number of hydrogen-bond acceptors (Lipinski definition) is 5. The van der Waals surface area contributed by atoms with Crippen molar-refractivity contribution in [2.45, 2.75) is 26.7 Å². The van der Waals surface area contributed by atoms with Crippen LogP contribution in [0.25, 0.3) is 16.7 Å². The lowest BCUT2D eigenvalue weighted by atomic mass is 10.3. The van der Waals surface area contributed by atoms with Gasteiger partial charge in [-0.25, -0.2) is 19.4 Å². The summed E-state index contributed by atoms with van der Waals surface area (Å²) >= 11 is 6.17. The Labute approximate surface area is 180 Å². The average Bonchev–Trinajstić information content (AvgIpc) is 3.00. The standard InChI is InChI=1S/C21H26ClN7O/c1-3-8-23-21(30)28-10-5-9-27(11-12-28)19-18-14-24-29(20(18)26-15(2)25-19)17-7-4-6-16(22)13-17/h4,6-7,13-14H,3,5,8-12H2,1-2H3,(H,23,30). The van der Waals surface area contributed by atoms with E-state index in [0.717, 1.165) is 48.5 Å². The number of benzene rings is 1. The van der Waals surface area contributed by atoms with Crippen molar-refractivity contribution in [2.75, 3.05) is 37.6 Å². The van der Waals surface area contributed by atoms with Gasteiger partial charge in [0.25, 0.3) is 0 Å². The summed E-state index contributed by atoms with van der Waals surface area (Å²) in [7, 11) is 0. The van der Waals surface area contributed by atoms with E-state index < -0.39 is 0 Å². The summed E-state index contributed by atoms with van der Waals surface area (Å²) in [5, 5.41) is 9.07. The normalized spacial score (nSPS) is 14.8. The van der Waals surface area contributed by atoms with Crippen LogP contribution in [0.2, 0.25) is 5.02 Å². The molecule has 1 aliphatic rings. The third-order valence-corrected chi connectivity index (χ3v) is 5.42. The summed E-state index contributed by atoms with van der Waals surface area (Å²) in [6, 6.07) is 7.56. The highest BCUT2D eigenvalue weighted by atomic mass is 35.5. The lowest BCUT2D eigenvalue weighted by Gasteiger charge is -2.23. The van der Waals surface area contributed by atoms with Crippen molar-refractivity contribution in [3.8, 4) is 5.69 Å². The van der Waals surface area contributed by atoms with Crippen molar-refractivity contribution >= 4 is 34.5 Å². The number of aryl methyl sites for hydroxylation is 1. The number of aromatic nitrogens is 4. The fourth-order valence-corrected chi connectivity index (χ4v) is 3.90. The molecule has 8 nitrogen and oxygen atoms in total. The fourth-order valence-electron chi connectivity index (χ4n) is 3.71. The zero-order valence-corrected chi connectivity index (χ0v) is 18.1. The summed E-state index contributed by atoms with van der Waals surface area (Å²) in [5.74, 6) is 1.55. The van der Waals surface area contributed by atoms with Crippen LogP contribution in [0.15, 0.2) is 30.5 Å². The van der Waals surface area contributed by atoms with Gasteiger partial charge in [0.15, 0.2) is 5.65 Å². The minimum absolute atomic E-state index is 0.0106. The number of anilines is 1. The molecular formula is C21H26ClN7O. The van der Waals surface area contributed by atoms with Crippen molar-refractivity contribution < 1.29 is 4.79 Å². The highest BCUT2D eigenvalue weighted by Crippen LogP contribution is 2.27. The third kappa shape index (κ3) is 4.18. The maximum absolute atomic E-state index is 12.4. The molecule has 1 N–H and O–H groups in total. The van der Waals surface area contributed by atoms with E-state index in [1.54, 1.807) is 4.68 Å². The third-order valence-electron chi connectivity index (χ3n) is 5.18. The molecule has 0 unspecified atom stereocenters. The van der Waals surface area contributed by atoms with Crippen molar-refractivity contribution in [1.29, 1.82) is 0 Å². The van der Waals surface area contributed by atoms with E-state index in [-0.39, 0.29) is 6.03 Å². The van der Waals surface area contributed by atoms with E-state index in [0.29, 0.717) is 30.5 Å². The lowest BCUT2D eigenvalue weighted by molar-refractivity contribution is 0.201. The monoisotopic (exact) mass is 427 g/mol.